The van der Waals surface area contributed by atoms with Gasteiger partial charge in [-0.25, -0.2) is 4.79 Å². The quantitative estimate of drug-likeness (QED) is 0.393. The van der Waals surface area contributed by atoms with E-state index in [9.17, 15) is 9.59 Å². The number of Topliss-reactive ketones (excluding diaryl/α,β-unsaturated/α-hetero) is 1. The van der Waals surface area contributed by atoms with Gasteiger partial charge >= 0.3 is 5.97 Å². The lowest BCUT2D eigenvalue weighted by Crippen LogP contribution is -2.19. The zero-order valence-corrected chi connectivity index (χ0v) is 13.9. The summed E-state index contributed by atoms with van der Waals surface area (Å²) in [6, 6.07) is 2.93. The largest absolute Gasteiger partial charge is 0.493 e. The van der Waals surface area contributed by atoms with Crippen molar-refractivity contribution in [2.75, 3.05) is 19.8 Å². The molecular formula is C16H21ClO5. The van der Waals surface area contributed by atoms with Crippen molar-refractivity contribution in [1.29, 1.82) is 0 Å². The standard InChI is InChI=1S/C16H21ClO5/c1-4-7-21-13-10-14(22-8-5-2)12(17)9-11(13)15(18)16(19)20-6-3/h9-10H,4-8H2,1-3H3. The van der Waals surface area contributed by atoms with Crippen molar-refractivity contribution >= 4 is 23.4 Å². The third kappa shape index (κ3) is 4.91. The Labute approximate surface area is 135 Å². The number of ketones is 1. The summed E-state index contributed by atoms with van der Waals surface area (Å²) in [5.74, 6) is -1.01. The third-order valence-corrected chi connectivity index (χ3v) is 2.96. The molecule has 0 aliphatic heterocycles. The second-order valence-corrected chi connectivity index (χ2v) is 4.93. The van der Waals surface area contributed by atoms with Gasteiger partial charge in [-0.2, -0.15) is 0 Å². The Morgan fingerprint density at radius 2 is 1.59 bits per heavy atom. The van der Waals surface area contributed by atoms with E-state index in [4.69, 9.17) is 25.8 Å². The molecule has 1 aromatic carbocycles. The number of halogens is 1. The van der Waals surface area contributed by atoms with Crippen LogP contribution in [0, 0.1) is 0 Å². The fourth-order valence-electron chi connectivity index (χ4n) is 1.67. The first-order valence-electron chi connectivity index (χ1n) is 7.35. The summed E-state index contributed by atoms with van der Waals surface area (Å²) in [7, 11) is 0. The number of hydrogen-bond donors (Lipinski definition) is 0. The molecule has 0 heterocycles. The van der Waals surface area contributed by atoms with Crippen LogP contribution in [0.5, 0.6) is 11.5 Å². The van der Waals surface area contributed by atoms with Crippen LogP contribution in [0.4, 0.5) is 0 Å². The topological polar surface area (TPSA) is 61.8 Å². The number of rotatable bonds is 9. The summed E-state index contributed by atoms with van der Waals surface area (Å²) in [5.41, 5.74) is 0.0840. The highest BCUT2D eigenvalue weighted by atomic mass is 35.5. The molecule has 1 aromatic rings. The first kappa shape index (κ1) is 18.3. The summed E-state index contributed by atoms with van der Waals surface area (Å²) < 4.78 is 15.8. The van der Waals surface area contributed by atoms with Crippen LogP contribution < -0.4 is 9.47 Å². The zero-order valence-electron chi connectivity index (χ0n) is 13.1. The van der Waals surface area contributed by atoms with Crippen LogP contribution in [0.25, 0.3) is 0 Å². The van der Waals surface area contributed by atoms with E-state index in [0.717, 1.165) is 12.8 Å². The van der Waals surface area contributed by atoms with Gasteiger partial charge in [-0.15, -0.1) is 0 Å². The number of carbonyl (C=O) groups is 2. The predicted molar refractivity (Wildman–Crippen MR) is 84.0 cm³/mol. The minimum Gasteiger partial charge on any atom is -0.493 e. The average molecular weight is 329 g/mol. The minimum atomic E-state index is -0.929. The van der Waals surface area contributed by atoms with Gasteiger partial charge in [0, 0.05) is 6.07 Å². The van der Waals surface area contributed by atoms with Gasteiger partial charge in [0.2, 0.25) is 0 Å². The lowest BCUT2D eigenvalue weighted by molar-refractivity contribution is -0.137. The predicted octanol–water partition coefficient (Wildman–Crippen LogP) is 3.66. The normalized spacial score (nSPS) is 10.2. The van der Waals surface area contributed by atoms with Crippen LogP contribution in [0.3, 0.4) is 0 Å². The van der Waals surface area contributed by atoms with Gasteiger partial charge in [-0.3, -0.25) is 4.79 Å². The van der Waals surface area contributed by atoms with E-state index in [-0.39, 0.29) is 22.9 Å². The average Bonchev–Trinajstić information content (AvgIpc) is 2.51. The van der Waals surface area contributed by atoms with Gasteiger partial charge in [0.05, 0.1) is 30.4 Å². The molecule has 0 saturated heterocycles. The molecule has 0 aromatic heterocycles. The summed E-state index contributed by atoms with van der Waals surface area (Å²) in [6.45, 7) is 6.59. The molecule has 1 rings (SSSR count). The van der Waals surface area contributed by atoms with E-state index in [1.807, 2.05) is 13.8 Å². The van der Waals surface area contributed by atoms with E-state index < -0.39 is 11.8 Å². The van der Waals surface area contributed by atoms with Gasteiger partial charge < -0.3 is 14.2 Å². The molecular weight excluding hydrogens is 308 g/mol. The molecule has 5 nitrogen and oxygen atoms in total. The molecule has 6 heteroatoms. The Bertz CT molecular complexity index is 528. The first-order chi connectivity index (χ1) is 10.5. The highest BCUT2D eigenvalue weighted by Gasteiger charge is 2.24. The molecule has 0 atom stereocenters. The van der Waals surface area contributed by atoms with Crippen molar-refractivity contribution < 1.29 is 23.8 Å². The van der Waals surface area contributed by atoms with Crippen molar-refractivity contribution in [2.45, 2.75) is 33.6 Å². The third-order valence-electron chi connectivity index (χ3n) is 2.66. The molecule has 0 fully saturated rings. The highest BCUT2D eigenvalue weighted by Crippen LogP contribution is 2.33. The maximum absolute atomic E-state index is 12.1. The van der Waals surface area contributed by atoms with Crippen LogP contribution in [-0.4, -0.2) is 31.6 Å². The molecule has 0 spiro atoms. The monoisotopic (exact) mass is 328 g/mol. The lowest BCUT2D eigenvalue weighted by atomic mass is 10.1. The Kier molecular flexibility index (Phi) is 7.74. The summed E-state index contributed by atoms with van der Waals surface area (Å²) in [4.78, 5) is 23.8. The van der Waals surface area contributed by atoms with Crippen molar-refractivity contribution in [1.82, 2.24) is 0 Å². The van der Waals surface area contributed by atoms with Crippen LogP contribution in [0.2, 0.25) is 5.02 Å². The highest BCUT2D eigenvalue weighted by molar-refractivity contribution is 6.42. The van der Waals surface area contributed by atoms with Gasteiger partial charge in [0.15, 0.2) is 0 Å². The van der Waals surface area contributed by atoms with Gasteiger partial charge in [0.25, 0.3) is 5.78 Å². The Balaban J connectivity index is 3.15. The van der Waals surface area contributed by atoms with E-state index in [0.29, 0.717) is 19.0 Å². The Morgan fingerprint density at radius 3 is 2.14 bits per heavy atom. The van der Waals surface area contributed by atoms with Gasteiger partial charge in [0.1, 0.15) is 11.5 Å². The maximum Gasteiger partial charge on any atom is 0.379 e. The van der Waals surface area contributed by atoms with E-state index >= 15 is 0 Å². The molecule has 0 unspecified atom stereocenters. The van der Waals surface area contributed by atoms with Crippen LogP contribution in [0.1, 0.15) is 44.0 Å². The van der Waals surface area contributed by atoms with Crippen LogP contribution in [0.15, 0.2) is 12.1 Å². The molecule has 0 radical (unpaired) electrons. The maximum atomic E-state index is 12.1. The molecule has 22 heavy (non-hydrogen) atoms. The molecule has 0 N–H and O–H groups in total. The fourth-order valence-corrected chi connectivity index (χ4v) is 1.89. The number of esters is 1. The van der Waals surface area contributed by atoms with Crippen molar-refractivity contribution in [3.63, 3.8) is 0 Å². The Hall–Kier alpha value is -1.75. The van der Waals surface area contributed by atoms with Gasteiger partial charge in [-0.1, -0.05) is 25.4 Å². The zero-order chi connectivity index (χ0) is 16.5. The molecule has 122 valence electrons. The van der Waals surface area contributed by atoms with Crippen LogP contribution >= 0.6 is 11.6 Å². The summed E-state index contributed by atoms with van der Waals surface area (Å²) >= 11 is 6.11. The number of benzene rings is 1. The smallest absolute Gasteiger partial charge is 0.379 e. The van der Waals surface area contributed by atoms with Crippen LogP contribution in [-0.2, 0) is 9.53 Å². The minimum absolute atomic E-state index is 0.0840. The molecule has 0 aliphatic rings. The number of hydrogen-bond acceptors (Lipinski definition) is 5. The SMILES string of the molecule is CCCOc1cc(OCCC)c(C(=O)C(=O)OCC)cc1Cl. The Morgan fingerprint density at radius 1 is 1.00 bits per heavy atom. The molecule has 0 aliphatic carbocycles. The van der Waals surface area contributed by atoms with Crippen molar-refractivity contribution in [3.8, 4) is 11.5 Å². The summed E-state index contributed by atoms with van der Waals surface area (Å²) in [5, 5.41) is 0.255. The second-order valence-electron chi connectivity index (χ2n) is 4.53. The summed E-state index contributed by atoms with van der Waals surface area (Å²) in [6.07, 6.45) is 1.59. The second kappa shape index (κ2) is 9.30. The molecule has 0 amide bonds. The number of carbonyl (C=O) groups excluding carboxylic acids is 2. The molecule has 0 bridgehead atoms. The van der Waals surface area contributed by atoms with Crippen molar-refractivity contribution in [3.05, 3.63) is 22.7 Å². The number of ether oxygens (including phenoxy) is 3. The van der Waals surface area contributed by atoms with Gasteiger partial charge in [-0.05, 0) is 25.8 Å². The van der Waals surface area contributed by atoms with E-state index in [1.165, 1.54) is 6.07 Å². The van der Waals surface area contributed by atoms with E-state index in [1.54, 1.807) is 13.0 Å². The molecule has 0 saturated carbocycles. The lowest BCUT2D eigenvalue weighted by Gasteiger charge is -2.14. The van der Waals surface area contributed by atoms with Crippen molar-refractivity contribution in [2.24, 2.45) is 0 Å². The fraction of sp³-hybridized carbons (Fsp3) is 0.500. The first-order valence-corrected chi connectivity index (χ1v) is 7.73. The van der Waals surface area contributed by atoms with E-state index in [2.05, 4.69) is 0 Å².